The lowest BCUT2D eigenvalue weighted by molar-refractivity contribution is -0.122. The van der Waals surface area contributed by atoms with Gasteiger partial charge in [0.15, 0.2) is 0 Å². The summed E-state index contributed by atoms with van der Waals surface area (Å²) in [6, 6.07) is 14.3. The van der Waals surface area contributed by atoms with Gasteiger partial charge in [0, 0.05) is 35.2 Å². The number of carbonyl (C=O) groups is 3. The van der Waals surface area contributed by atoms with Gasteiger partial charge in [0.1, 0.15) is 0 Å². The normalized spacial score (nSPS) is 15.4. The number of esters is 1. The lowest BCUT2D eigenvalue weighted by atomic mass is 10.2. The van der Waals surface area contributed by atoms with Crippen LogP contribution < -0.4 is 10.2 Å². The largest absolute Gasteiger partial charge is 0.462 e. The molecule has 1 N–H and O–H groups in total. The minimum absolute atomic E-state index is 0.0580. The highest BCUT2D eigenvalue weighted by molar-refractivity contribution is 8.00. The number of thioether (sulfide) groups is 1. The molecule has 152 valence electrons. The zero-order chi connectivity index (χ0) is 20.8. The number of hydrogen-bond donors (Lipinski definition) is 1. The summed E-state index contributed by atoms with van der Waals surface area (Å²) >= 11 is 1.76. The molecule has 2 amide bonds. The summed E-state index contributed by atoms with van der Waals surface area (Å²) in [5, 5.41) is 3.07. The Morgan fingerprint density at radius 1 is 1.10 bits per heavy atom. The van der Waals surface area contributed by atoms with E-state index in [4.69, 9.17) is 4.74 Å². The van der Waals surface area contributed by atoms with Crippen molar-refractivity contribution in [3.63, 3.8) is 0 Å². The minimum atomic E-state index is -0.398. The Hall–Kier alpha value is -2.80. The van der Waals surface area contributed by atoms with Crippen LogP contribution in [0.15, 0.2) is 53.4 Å². The average Bonchev–Trinajstić information content (AvgIpc) is 2.72. The van der Waals surface area contributed by atoms with Crippen molar-refractivity contribution >= 4 is 40.9 Å². The van der Waals surface area contributed by atoms with Gasteiger partial charge in [-0.25, -0.2) is 4.79 Å². The summed E-state index contributed by atoms with van der Waals surface area (Å²) in [6.45, 7) is 4.78. The van der Waals surface area contributed by atoms with Crippen LogP contribution in [0.25, 0.3) is 0 Å². The first-order valence-electron chi connectivity index (χ1n) is 9.61. The molecule has 0 fully saturated rings. The number of carbonyl (C=O) groups excluding carboxylic acids is 3. The average molecular weight is 413 g/mol. The Kier molecular flexibility index (Phi) is 6.93. The van der Waals surface area contributed by atoms with Gasteiger partial charge in [-0.1, -0.05) is 19.1 Å². The number of ether oxygens (including phenoxy) is 1. The number of para-hydroxylation sites is 1. The number of rotatable bonds is 6. The van der Waals surface area contributed by atoms with Gasteiger partial charge in [0.05, 0.1) is 17.9 Å². The van der Waals surface area contributed by atoms with Crippen molar-refractivity contribution < 1.29 is 19.1 Å². The van der Waals surface area contributed by atoms with E-state index in [1.54, 1.807) is 47.9 Å². The Balaban J connectivity index is 1.54. The van der Waals surface area contributed by atoms with E-state index in [0.717, 1.165) is 10.6 Å². The first-order chi connectivity index (χ1) is 14.0. The van der Waals surface area contributed by atoms with E-state index in [1.807, 2.05) is 24.3 Å². The molecule has 7 heteroatoms. The number of fused-ring (bicyclic) bond motifs is 1. The molecule has 0 saturated carbocycles. The second-order valence-corrected chi connectivity index (χ2v) is 8.23. The summed E-state index contributed by atoms with van der Waals surface area (Å²) in [7, 11) is 0. The van der Waals surface area contributed by atoms with Gasteiger partial charge in [0.2, 0.25) is 11.8 Å². The Morgan fingerprint density at radius 3 is 2.55 bits per heavy atom. The summed E-state index contributed by atoms with van der Waals surface area (Å²) in [6.07, 6.45) is 0.233. The Morgan fingerprint density at radius 2 is 1.83 bits per heavy atom. The van der Waals surface area contributed by atoms with Crippen LogP contribution in [-0.2, 0) is 14.3 Å². The standard InChI is InChI=1S/C22H24N2O4S/c1-3-28-22(27)16-8-10-17(11-9-16)23-20(25)12-13-21(26)24-14-15(2)29-19-7-5-4-6-18(19)24/h4-11,15H,3,12-14H2,1-2H3,(H,23,25)/t15-/m1/s1. The third-order valence-electron chi connectivity index (χ3n) is 4.47. The first kappa shape index (κ1) is 20.9. The molecule has 2 aromatic rings. The van der Waals surface area contributed by atoms with Crippen molar-refractivity contribution in [3.05, 3.63) is 54.1 Å². The highest BCUT2D eigenvalue weighted by Gasteiger charge is 2.26. The molecule has 0 radical (unpaired) electrons. The predicted octanol–water partition coefficient (Wildman–Crippen LogP) is 4.11. The molecule has 1 aliphatic rings. The fourth-order valence-corrected chi connectivity index (χ4v) is 4.22. The molecule has 0 unspecified atom stereocenters. The molecule has 0 bridgehead atoms. The van der Waals surface area contributed by atoms with Gasteiger partial charge in [-0.3, -0.25) is 9.59 Å². The van der Waals surface area contributed by atoms with Crippen molar-refractivity contribution in [3.8, 4) is 0 Å². The van der Waals surface area contributed by atoms with E-state index < -0.39 is 5.97 Å². The lowest BCUT2D eigenvalue weighted by Crippen LogP contribution is -2.38. The topological polar surface area (TPSA) is 75.7 Å². The van der Waals surface area contributed by atoms with Crippen molar-refractivity contribution in [2.75, 3.05) is 23.4 Å². The number of benzene rings is 2. The molecule has 1 aliphatic heterocycles. The summed E-state index contributed by atoms with van der Waals surface area (Å²) in [5.41, 5.74) is 1.91. The van der Waals surface area contributed by atoms with Crippen LogP contribution in [0.3, 0.4) is 0 Å². The van der Waals surface area contributed by atoms with Crippen LogP contribution in [0, 0.1) is 0 Å². The predicted molar refractivity (Wildman–Crippen MR) is 114 cm³/mol. The van der Waals surface area contributed by atoms with Crippen LogP contribution in [0.2, 0.25) is 0 Å². The highest BCUT2D eigenvalue weighted by Crippen LogP contribution is 2.38. The number of anilines is 2. The summed E-state index contributed by atoms with van der Waals surface area (Å²) < 4.78 is 4.93. The minimum Gasteiger partial charge on any atom is -0.462 e. The monoisotopic (exact) mass is 412 g/mol. The van der Waals surface area contributed by atoms with Gasteiger partial charge in [0.25, 0.3) is 0 Å². The van der Waals surface area contributed by atoms with Crippen LogP contribution in [0.4, 0.5) is 11.4 Å². The van der Waals surface area contributed by atoms with Crippen molar-refractivity contribution in [2.24, 2.45) is 0 Å². The Bertz CT molecular complexity index is 898. The van der Waals surface area contributed by atoms with Crippen molar-refractivity contribution in [1.29, 1.82) is 0 Å². The number of nitrogens with one attached hydrogen (secondary N) is 1. The molecule has 2 aromatic carbocycles. The molecule has 0 aliphatic carbocycles. The SMILES string of the molecule is CCOC(=O)c1ccc(NC(=O)CCC(=O)N2C[C@@H](C)Sc3ccccc32)cc1. The van der Waals surface area contributed by atoms with Gasteiger partial charge < -0.3 is 15.0 Å². The third kappa shape index (κ3) is 5.38. The highest BCUT2D eigenvalue weighted by atomic mass is 32.2. The maximum absolute atomic E-state index is 12.7. The number of hydrogen-bond acceptors (Lipinski definition) is 5. The zero-order valence-electron chi connectivity index (χ0n) is 16.5. The van der Waals surface area contributed by atoms with Crippen molar-refractivity contribution in [1.82, 2.24) is 0 Å². The van der Waals surface area contributed by atoms with Crippen molar-refractivity contribution in [2.45, 2.75) is 36.8 Å². The maximum Gasteiger partial charge on any atom is 0.338 e. The second-order valence-electron chi connectivity index (χ2n) is 6.75. The van der Waals surface area contributed by atoms with E-state index in [9.17, 15) is 14.4 Å². The van der Waals surface area contributed by atoms with Gasteiger partial charge in [-0.15, -0.1) is 11.8 Å². The van der Waals surface area contributed by atoms with Gasteiger partial charge in [-0.05, 0) is 43.3 Å². The smallest absolute Gasteiger partial charge is 0.338 e. The molecule has 6 nitrogen and oxygen atoms in total. The molecule has 3 rings (SSSR count). The maximum atomic E-state index is 12.7. The van der Waals surface area contributed by atoms with Crippen LogP contribution in [0.1, 0.15) is 37.0 Å². The first-order valence-corrected chi connectivity index (χ1v) is 10.5. The molecule has 0 aromatic heterocycles. The number of amides is 2. The zero-order valence-corrected chi connectivity index (χ0v) is 17.3. The molecular formula is C22H24N2O4S. The molecular weight excluding hydrogens is 388 g/mol. The molecule has 29 heavy (non-hydrogen) atoms. The molecule has 1 atom stereocenters. The molecule has 0 spiro atoms. The van der Waals surface area contributed by atoms with Gasteiger partial charge >= 0.3 is 5.97 Å². The fraction of sp³-hybridized carbons (Fsp3) is 0.318. The van der Waals surface area contributed by atoms with E-state index in [0.29, 0.717) is 29.7 Å². The summed E-state index contributed by atoms with van der Waals surface area (Å²) in [5.74, 6) is -0.697. The third-order valence-corrected chi connectivity index (χ3v) is 5.62. The second kappa shape index (κ2) is 9.60. The molecule has 1 heterocycles. The Labute approximate surface area is 174 Å². The van der Waals surface area contributed by atoms with Crippen LogP contribution in [0.5, 0.6) is 0 Å². The lowest BCUT2D eigenvalue weighted by Gasteiger charge is -2.32. The fourth-order valence-electron chi connectivity index (χ4n) is 3.11. The van der Waals surface area contributed by atoms with E-state index in [-0.39, 0.29) is 24.7 Å². The number of nitrogens with zero attached hydrogens (tertiary/aromatic N) is 1. The summed E-state index contributed by atoms with van der Waals surface area (Å²) in [4.78, 5) is 39.5. The quantitative estimate of drug-likeness (QED) is 0.723. The van der Waals surface area contributed by atoms with E-state index >= 15 is 0 Å². The van der Waals surface area contributed by atoms with E-state index in [1.165, 1.54) is 0 Å². The van der Waals surface area contributed by atoms with E-state index in [2.05, 4.69) is 12.2 Å². The van der Waals surface area contributed by atoms with Gasteiger partial charge in [-0.2, -0.15) is 0 Å². The molecule has 0 saturated heterocycles. The van der Waals surface area contributed by atoms with Crippen LogP contribution in [-0.4, -0.2) is 36.2 Å². The van der Waals surface area contributed by atoms with Crippen LogP contribution >= 0.6 is 11.8 Å².